The molecule has 2 aliphatic carbocycles. The molecule has 0 unspecified atom stereocenters. The molecule has 0 atom stereocenters. The Bertz CT molecular complexity index is 622. The van der Waals surface area contributed by atoms with Crippen LogP contribution in [0.4, 0.5) is 0 Å². The van der Waals surface area contributed by atoms with Crippen LogP contribution in [0, 0.1) is 0 Å². The van der Waals surface area contributed by atoms with Gasteiger partial charge in [0.15, 0.2) is 12.6 Å². The fraction of sp³-hybridized carbons (Fsp3) is 0.600. The van der Waals surface area contributed by atoms with E-state index in [4.69, 9.17) is 4.74 Å². The minimum Gasteiger partial charge on any atom is -0.484 e. The van der Waals surface area contributed by atoms with E-state index >= 15 is 0 Å². The Morgan fingerprint density at radius 2 is 1.88 bits per heavy atom. The standard InChI is InChI=1S/C20H30N4O2/c1-21-20(24-16-7-3-2-4-8-16)22-13-15-6-5-9-18(12-15)26-14-19(25)23-17-10-11-17/h5-6,9,12,16-17H,2-4,7-8,10-11,13-14H2,1H3,(H,23,25)(H2,21,22,24). The highest BCUT2D eigenvalue weighted by atomic mass is 16.5. The SMILES string of the molecule is CN=C(NCc1cccc(OCC(=O)NC2CC2)c1)NC1CCCCC1. The molecule has 0 aromatic heterocycles. The summed E-state index contributed by atoms with van der Waals surface area (Å²) in [5, 5.41) is 9.80. The summed E-state index contributed by atoms with van der Waals surface area (Å²) in [4.78, 5) is 16.0. The summed E-state index contributed by atoms with van der Waals surface area (Å²) < 4.78 is 5.61. The predicted molar refractivity (Wildman–Crippen MR) is 103 cm³/mol. The van der Waals surface area contributed by atoms with Gasteiger partial charge in [0.25, 0.3) is 5.91 Å². The van der Waals surface area contributed by atoms with Gasteiger partial charge in [0.2, 0.25) is 0 Å². The quantitative estimate of drug-likeness (QED) is 0.517. The molecule has 6 nitrogen and oxygen atoms in total. The van der Waals surface area contributed by atoms with Crippen LogP contribution in [0.15, 0.2) is 29.3 Å². The number of benzene rings is 1. The van der Waals surface area contributed by atoms with Crippen LogP contribution in [0.25, 0.3) is 0 Å². The van der Waals surface area contributed by atoms with Crippen LogP contribution in [-0.2, 0) is 11.3 Å². The highest BCUT2D eigenvalue weighted by Crippen LogP contribution is 2.19. The van der Waals surface area contributed by atoms with Gasteiger partial charge >= 0.3 is 0 Å². The fourth-order valence-electron chi connectivity index (χ4n) is 3.21. The second kappa shape index (κ2) is 9.46. The van der Waals surface area contributed by atoms with Gasteiger partial charge in [0, 0.05) is 25.7 Å². The lowest BCUT2D eigenvalue weighted by Crippen LogP contribution is -2.43. The van der Waals surface area contributed by atoms with Crippen molar-refractivity contribution in [1.82, 2.24) is 16.0 Å². The third-order valence-corrected chi connectivity index (χ3v) is 4.84. The topological polar surface area (TPSA) is 74.8 Å². The Balaban J connectivity index is 1.43. The molecule has 0 radical (unpaired) electrons. The molecule has 2 aliphatic rings. The molecule has 142 valence electrons. The average Bonchev–Trinajstić information content (AvgIpc) is 3.48. The number of nitrogens with zero attached hydrogens (tertiary/aromatic N) is 1. The summed E-state index contributed by atoms with van der Waals surface area (Å²) in [6, 6.07) is 8.72. The van der Waals surface area contributed by atoms with E-state index in [1.807, 2.05) is 24.3 Å². The van der Waals surface area contributed by atoms with E-state index in [1.54, 1.807) is 7.05 Å². The van der Waals surface area contributed by atoms with Crippen LogP contribution in [0.3, 0.4) is 0 Å². The van der Waals surface area contributed by atoms with Gasteiger partial charge in [-0.15, -0.1) is 0 Å². The molecule has 0 saturated heterocycles. The monoisotopic (exact) mass is 358 g/mol. The molecule has 0 aliphatic heterocycles. The van der Waals surface area contributed by atoms with Crippen molar-refractivity contribution in [3.05, 3.63) is 29.8 Å². The summed E-state index contributed by atoms with van der Waals surface area (Å²) in [7, 11) is 1.80. The first-order chi connectivity index (χ1) is 12.7. The number of aliphatic imine (C=N–C) groups is 1. The lowest BCUT2D eigenvalue weighted by atomic mass is 9.96. The van der Waals surface area contributed by atoms with Crippen LogP contribution >= 0.6 is 0 Å². The average molecular weight is 358 g/mol. The molecule has 3 N–H and O–H groups in total. The molecule has 0 heterocycles. The minimum atomic E-state index is -0.0480. The second-order valence-corrected chi connectivity index (χ2v) is 7.18. The number of nitrogens with one attached hydrogen (secondary N) is 3. The van der Waals surface area contributed by atoms with Gasteiger partial charge in [-0.3, -0.25) is 9.79 Å². The molecule has 1 aromatic rings. The van der Waals surface area contributed by atoms with E-state index in [0.29, 0.717) is 24.4 Å². The van der Waals surface area contributed by atoms with Crippen molar-refractivity contribution in [2.45, 2.75) is 63.6 Å². The van der Waals surface area contributed by atoms with E-state index in [2.05, 4.69) is 20.9 Å². The fourth-order valence-corrected chi connectivity index (χ4v) is 3.21. The van der Waals surface area contributed by atoms with E-state index in [1.165, 1.54) is 32.1 Å². The number of guanidine groups is 1. The van der Waals surface area contributed by atoms with Crippen LogP contribution in [-0.4, -0.2) is 37.6 Å². The summed E-state index contributed by atoms with van der Waals surface area (Å²) >= 11 is 0. The third-order valence-electron chi connectivity index (χ3n) is 4.84. The van der Waals surface area contributed by atoms with Crippen molar-refractivity contribution < 1.29 is 9.53 Å². The van der Waals surface area contributed by atoms with Gasteiger partial charge in [-0.05, 0) is 43.4 Å². The van der Waals surface area contributed by atoms with Gasteiger partial charge in [-0.2, -0.15) is 0 Å². The van der Waals surface area contributed by atoms with Crippen molar-refractivity contribution in [3.8, 4) is 5.75 Å². The molecule has 2 fully saturated rings. The summed E-state index contributed by atoms with van der Waals surface area (Å²) in [6.45, 7) is 0.732. The van der Waals surface area contributed by atoms with Crippen LogP contribution < -0.4 is 20.7 Å². The van der Waals surface area contributed by atoms with Crippen molar-refractivity contribution >= 4 is 11.9 Å². The van der Waals surface area contributed by atoms with Crippen LogP contribution in [0.1, 0.15) is 50.5 Å². The van der Waals surface area contributed by atoms with Gasteiger partial charge in [0.1, 0.15) is 5.75 Å². The summed E-state index contributed by atoms with van der Waals surface area (Å²) in [5.74, 6) is 1.51. The Hall–Kier alpha value is -2.24. The first kappa shape index (κ1) is 18.5. The molecule has 0 spiro atoms. The molecule has 0 bridgehead atoms. The molecular weight excluding hydrogens is 328 g/mol. The third kappa shape index (κ3) is 6.24. The highest BCUT2D eigenvalue weighted by molar-refractivity contribution is 5.80. The predicted octanol–water partition coefficient (Wildman–Crippen LogP) is 2.34. The Labute approximate surface area is 155 Å². The lowest BCUT2D eigenvalue weighted by Gasteiger charge is -2.24. The number of hydrogen-bond acceptors (Lipinski definition) is 3. The number of ether oxygens (including phenoxy) is 1. The number of hydrogen-bond donors (Lipinski definition) is 3. The van der Waals surface area contributed by atoms with E-state index in [9.17, 15) is 4.79 Å². The first-order valence-corrected chi connectivity index (χ1v) is 9.71. The highest BCUT2D eigenvalue weighted by Gasteiger charge is 2.23. The van der Waals surface area contributed by atoms with E-state index in [0.717, 1.165) is 24.4 Å². The van der Waals surface area contributed by atoms with Gasteiger partial charge in [-0.1, -0.05) is 31.4 Å². The normalized spacial score (nSPS) is 18.3. The maximum absolute atomic E-state index is 11.7. The minimum absolute atomic E-state index is 0.0480. The molecule has 1 aromatic carbocycles. The van der Waals surface area contributed by atoms with E-state index < -0.39 is 0 Å². The molecule has 3 rings (SSSR count). The largest absolute Gasteiger partial charge is 0.484 e. The maximum atomic E-state index is 11.7. The number of amides is 1. The lowest BCUT2D eigenvalue weighted by molar-refractivity contribution is -0.123. The molecule has 6 heteroatoms. The first-order valence-electron chi connectivity index (χ1n) is 9.71. The zero-order chi connectivity index (χ0) is 18.2. The van der Waals surface area contributed by atoms with Crippen molar-refractivity contribution in [2.75, 3.05) is 13.7 Å². The van der Waals surface area contributed by atoms with Crippen molar-refractivity contribution in [1.29, 1.82) is 0 Å². The number of carbonyl (C=O) groups is 1. The Morgan fingerprint density at radius 3 is 2.62 bits per heavy atom. The smallest absolute Gasteiger partial charge is 0.258 e. The van der Waals surface area contributed by atoms with Gasteiger partial charge < -0.3 is 20.7 Å². The van der Waals surface area contributed by atoms with Gasteiger partial charge in [-0.25, -0.2) is 0 Å². The van der Waals surface area contributed by atoms with E-state index in [-0.39, 0.29) is 12.5 Å². The Morgan fingerprint density at radius 1 is 1.12 bits per heavy atom. The summed E-state index contributed by atoms with van der Waals surface area (Å²) in [6.07, 6.45) is 8.53. The summed E-state index contributed by atoms with van der Waals surface area (Å²) in [5.41, 5.74) is 1.09. The number of rotatable bonds is 7. The van der Waals surface area contributed by atoms with Crippen molar-refractivity contribution in [2.24, 2.45) is 4.99 Å². The van der Waals surface area contributed by atoms with Crippen LogP contribution in [0.2, 0.25) is 0 Å². The molecular formula is C20H30N4O2. The van der Waals surface area contributed by atoms with Crippen molar-refractivity contribution in [3.63, 3.8) is 0 Å². The van der Waals surface area contributed by atoms with Gasteiger partial charge in [0.05, 0.1) is 0 Å². The zero-order valence-electron chi connectivity index (χ0n) is 15.6. The molecule has 1 amide bonds. The molecule has 2 saturated carbocycles. The Kier molecular flexibility index (Phi) is 6.75. The zero-order valence-corrected chi connectivity index (χ0v) is 15.6. The van der Waals surface area contributed by atoms with Crippen LogP contribution in [0.5, 0.6) is 5.75 Å². The number of carbonyl (C=O) groups excluding carboxylic acids is 1. The maximum Gasteiger partial charge on any atom is 0.258 e. The second-order valence-electron chi connectivity index (χ2n) is 7.18. The molecule has 26 heavy (non-hydrogen) atoms.